The molecule has 10 heteroatoms. The summed E-state index contributed by atoms with van der Waals surface area (Å²) in [5.74, 6) is -1.00. The molecule has 0 saturated heterocycles. The fraction of sp³-hybridized carbons (Fsp3) is 0.385. The molecule has 0 unspecified atom stereocenters. The maximum Gasteiger partial charge on any atom is 0.449 e. The highest BCUT2D eigenvalue weighted by molar-refractivity contribution is 7.89. The quantitative estimate of drug-likeness (QED) is 0.832. The molecule has 124 valence electrons. The third kappa shape index (κ3) is 2.72. The normalized spacial score (nSPS) is 16.3. The maximum absolute atomic E-state index is 12.8. The molecule has 0 amide bonds. The van der Waals surface area contributed by atoms with Crippen molar-refractivity contribution >= 4 is 10.0 Å². The number of sulfonamides is 1. The summed E-state index contributed by atoms with van der Waals surface area (Å²) < 4.78 is 65.9. The van der Waals surface area contributed by atoms with Crippen LogP contribution in [0.15, 0.2) is 29.6 Å². The van der Waals surface area contributed by atoms with Crippen LogP contribution in [0.1, 0.15) is 17.1 Å². The molecule has 0 N–H and O–H groups in total. The van der Waals surface area contributed by atoms with Crippen molar-refractivity contribution in [1.82, 2.24) is 18.8 Å². The minimum absolute atomic E-state index is 0.0647. The molecule has 1 aliphatic heterocycles. The molecule has 2 aromatic rings. The van der Waals surface area contributed by atoms with Crippen LogP contribution >= 0.6 is 0 Å². The van der Waals surface area contributed by atoms with E-state index < -0.39 is 22.0 Å². The highest BCUT2D eigenvalue weighted by atomic mass is 32.2. The van der Waals surface area contributed by atoms with Gasteiger partial charge in [-0.25, -0.2) is 18.4 Å². The lowest BCUT2D eigenvalue weighted by Gasteiger charge is -2.28. The molecular weight excluding hydrogens is 333 g/mol. The van der Waals surface area contributed by atoms with Crippen LogP contribution in [0.4, 0.5) is 13.2 Å². The van der Waals surface area contributed by atoms with Crippen LogP contribution < -0.4 is 0 Å². The van der Waals surface area contributed by atoms with Crippen molar-refractivity contribution in [3.63, 3.8) is 0 Å². The van der Waals surface area contributed by atoms with Gasteiger partial charge in [0.2, 0.25) is 5.82 Å². The Morgan fingerprint density at radius 3 is 2.61 bits per heavy atom. The van der Waals surface area contributed by atoms with E-state index in [1.165, 1.54) is 6.20 Å². The van der Waals surface area contributed by atoms with Crippen LogP contribution in [0, 0.1) is 6.92 Å². The van der Waals surface area contributed by atoms with E-state index in [0.717, 1.165) is 15.1 Å². The number of halogens is 3. The van der Waals surface area contributed by atoms with Crippen LogP contribution in [0.2, 0.25) is 0 Å². The third-order valence-electron chi connectivity index (χ3n) is 3.65. The van der Waals surface area contributed by atoms with Gasteiger partial charge in [-0.2, -0.15) is 17.5 Å². The Labute approximate surface area is 130 Å². The van der Waals surface area contributed by atoms with E-state index >= 15 is 0 Å². The van der Waals surface area contributed by atoms with Gasteiger partial charge in [-0.3, -0.25) is 0 Å². The van der Waals surface area contributed by atoms with Crippen molar-refractivity contribution in [2.24, 2.45) is 0 Å². The zero-order valence-corrected chi connectivity index (χ0v) is 12.9. The molecule has 2 aromatic heterocycles. The Morgan fingerprint density at radius 2 is 1.96 bits per heavy atom. The van der Waals surface area contributed by atoms with Crippen LogP contribution in [0.25, 0.3) is 0 Å². The lowest BCUT2D eigenvalue weighted by molar-refractivity contribution is -0.147. The van der Waals surface area contributed by atoms with Gasteiger partial charge in [0.25, 0.3) is 10.0 Å². The molecule has 3 heterocycles. The molecule has 0 aromatic carbocycles. The first-order chi connectivity index (χ1) is 10.7. The fourth-order valence-electron chi connectivity index (χ4n) is 2.55. The highest BCUT2D eigenvalue weighted by Crippen LogP contribution is 2.31. The summed E-state index contributed by atoms with van der Waals surface area (Å²) in [4.78, 5) is 7.27. The standard InChI is InChI=1S/C13H13F3N4O2S/c1-9-3-2-4-17-11(9)23(21,22)19-5-6-20-10(8-19)7-18-12(20)13(14,15)16/h2-4,7H,5-6,8H2,1H3. The number of aromatic nitrogens is 3. The van der Waals surface area contributed by atoms with E-state index in [1.807, 2.05) is 0 Å². The first-order valence-electron chi connectivity index (χ1n) is 6.74. The summed E-state index contributed by atoms with van der Waals surface area (Å²) in [5, 5.41) is -0.0796. The number of fused-ring (bicyclic) bond motifs is 1. The van der Waals surface area contributed by atoms with Crippen molar-refractivity contribution in [3.8, 4) is 0 Å². The Balaban J connectivity index is 1.94. The molecule has 1 aliphatic rings. The Hall–Kier alpha value is -1.94. The Kier molecular flexibility index (Phi) is 3.68. The summed E-state index contributed by atoms with van der Waals surface area (Å²) in [5.41, 5.74) is 0.697. The molecule has 0 aliphatic carbocycles. The van der Waals surface area contributed by atoms with E-state index in [4.69, 9.17) is 0 Å². The van der Waals surface area contributed by atoms with Crippen molar-refractivity contribution in [3.05, 3.63) is 41.6 Å². The minimum Gasteiger partial charge on any atom is -0.322 e. The fourth-order valence-corrected chi connectivity index (χ4v) is 4.09. The summed E-state index contributed by atoms with van der Waals surface area (Å²) in [7, 11) is -3.86. The van der Waals surface area contributed by atoms with E-state index in [1.54, 1.807) is 19.1 Å². The van der Waals surface area contributed by atoms with Gasteiger partial charge >= 0.3 is 6.18 Å². The van der Waals surface area contributed by atoms with Gasteiger partial charge in [0.15, 0.2) is 5.03 Å². The largest absolute Gasteiger partial charge is 0.449 e. The molecule has 6 nitrogen and oxygen atoms in total. The number of nitrogens with zero attached hydrogens (tertiary/aromatic N) is 4. The number of hydrogen-bond acceptors (Lipinski definition) is 4. The molecule has 3 rings (SSSR count). The average molecular weight is 346 g/mol. The number of alkyl halides is 3. The van der Waals surface area contributed by atoms with Crippen molar-refractivity contribution in [2.75, 3.05) is 6.54 Å². The molecule has 0 spiro atoms. The van der Waals surface area contributed by atoms with Crippen molar-refractivity contribution < 1.29 is 21.6 Å². The number of hydrogen-bond donors (Lipinski definition) is 0. The van der Waals surface area contributed by atoms with E-state index in [-0.39, 0.29) is 30.4 Å². The summed E-state index contributed by atoms with van der Waals surface area (Å²) in [6.07, 6.45) is -2.12. The van der Waals surface area contributed by atoms with Crippen molar-refractivity contribution in [2.45, 2.75) is 31.2 Å². The van der Waals surface area contributed by atoms with Gasteiger partial charge in [-0.05, 0) is 18.6 Å². The predicted molar refractivity (Wildman–Crippen MR) is 73.8 cm³/mol. The first kappa shape index (κ1) is 15.9. The summed E-state index contributed by atoms with van der Waals surface area (Å²) >= 11 is 0. The summed E-state index contributed by atoms with van der Waals surface area (Å²) in [6.45, 7) is 1.29. The van der Waals surface area contributed by atoms with E-state index in [9.17, 15) is 21.6 Å². The van der Waals surface area contributed by atoms with Crippen LogP contribution in [-0.4, -0.2) is 33.8 Å². The highest BCUT2D eigenvalue weighted by Gasteiger charge is 2.40. The zero-order chi connectivity index (χ0) is 16.8. The molecule has 0 bridgehead atoms. The number of pyridine rings is 1. The van der Waals surface area contributed by atoms with Gasteiger partial charge in [0.05, 0.1) is 18.4 Å². The van der Waals surface area contributed by atoms with Gasteiger partial charge in [-0.15, -0.1) is 0 Å². The van der Waals surface area contributed by atoms with Gasteiger partial charge in [0.1, 0.15) is 0 Å². The second kappa shape index (κ2) is 5.31. The van der Waals surface area contributed by atoms with Crippen molar-refractivity contribution in [1.29, 1.82) is 0 Å². The second-order valence-corrected chi connectivity index (χ2v) is 7.04. The van der Waals surface area contributed by atoms with Gasteiger partial charge < -0.3 is 4.57 Å². The lowest BCUT2D eigenvalue weighted by Crippen LogP contribution is -2.39. The van der Waals surface area contributed by atoms with Gasteiger partial charge in [-0.1, -0.05) is 6.07 Å². The van der Waals surface area contributed by atoms with E-state index in [2.05, 4.69) is 9.97 Å². The predicted octanol–water partition coefficient (Wildman–Crippen LogP) is 1.81. The SMILES string of the molecule is Cc1cccnc1S(=O)(=O)N1CCn2c(cnc2C(F)(F)F)C1. The minimum atomic E-state index is -4.56. The first-order valence-corrected chi connectivity index (χ1v) is 8.18. The summed E-state index contributed by atoms with van der Waals surface area (Å²) in [6, 6.07) is 3.24. The second-order valence-electron chi connectivity index (χ2n) is 5.19. The Morgan fingerprint density at radius 1 is 1.22 bits per heavy atom. The molecule has 0 fully saturated rings. The van der Waals surface area contributed by atoms with Gasteiger partial charge in [0, 0.05) is 19.3 Å². The van der Waals surface area contributed by atoms with E-state index in [0.29, 0.717) is 5.56 Å². The van der Waals surface area contributed by atoms with Crippen LogP contribution in [-0.2, 0) is 29.3 Å². The Bertz CT molecular complexity index is 845. The lowest BCUT2D eigenvalue weighted by atomic mass is 10.3. The smallest absolute Gasteiger partial charge is 0.322 e. The molecular formula is C13H13F3N4O2S. The molecule has 0 atom stereocenters. The molecule has 23 heavy (non-hydrogen) atoms. The molecule has 0 radical (unpaired) electrons. The number of rotatable bonds is 2. The maximum atomic E-state index is 12.8. The zero-order valence-electron chi connectivity index (χ0n) is 12.1. The monoisotopic (exact) mass is 346 g/mol. The topological polar surface area (TPSA) is 68.1 Å². The number of aryl methyl sites for hydroxylation is 1. The van der Waals surface area contributed by atoms with Crippen LogP contribution in [0.5, 0.6) is 0 Å². The average Bonchev–Trinajstić information content (AvgIpc) is 2.90. The number of imidazole rings is 1. The molecule has 0 saturated carbocycles. The van der Waals surface area contributed by atoms with Crippen LogP contribution in [0.3, 0.4) is 0 Å². The third-order valence-corrected chi connectivity index (χ3v) is 5.56.